The molecule has 0 N–H and O–H groups in total. The fourth-order valence-electron chi connectivity index (χ4n) is 1.11. The van der Waals surface area contributed by atoms with Gasteiger partial charge in [0.1, 0.15) is 0 Å². The molecule has 0 aliphatic carbocycles. The van der Waals surface area contributed by atoms with Gasteiger partial charge in [0.25, 0.3) is 0 Å². The summed E-state index contributed by atoms with van der Waals surface area (Å²) < 4.78 is 0. The number of rotatable bonds is 16. The lowest BCUT2D eigenvalue weighted by Gasteiger charge is -2.03. The van der Waals surface area contributed by atoms with Gasteiger partial charge >= 0.3 is 0 Å². The van der Waals surface area contributed by atoms with Gasteiger partial charge in [-0.15, -0.1) is 0 Å². The summed E-state index contributed by atoms with van der Waals surface area (Å²) in [5.74, 6) is 14.9. The van der Waals surface area contributed by atoms with Gasteiger partial charge in [0.15, 0.2) is 0 Å². The molecule has 0 saturated heterocycles. The molecule has 0 rings (SSSR count). The van der Waals surface area contributed by atoms with E-state index in [0.717, 1.165) is 11.5 Å². The summed E-state index contributed by atoms with van der Waals surface area (Å²) >= 11 is 18.8. The summed E-state index contributed by atoms with van der Waals surface area (Å²) in [6.07, 6.45) is 0. The molecule has 0 aromatic heterocycles. The highest BCUT2D eigenvalue weighted by molar-refractivity contribution is 8.06. The molecule has 0 aromatic rings. The summed E-state index contributed by atoms with van der Waals surface area (Å²) in [5.41, 5.74) is 0. The van der Waals surface area contributed by atoms with Crippen LogP contribution in [0.15, 0.2) is 0 Å². The molecule has 0 aromatic carbocycles. The molecule has 0 spiro atoms. The minimum Gasteiger partial charge on any atom is -0.179 e. The fraction of sp³-hybridized carbons (Fsp3) is 1.00. The van der Waals surface area contributed by atoms with E-state index in [9.17, 15) is 0 Å². The van der Waals surface area contributed by atoms with Crippen LogP contribution >= 0.6 is 84.1 Å². The van der Waals surface area contributed by atoms with Crippen molar-refractivity contribution in [3.63, 3.8) is 0 Å². The summed E-state index contributed by atoms with van der Waals surface area (Å²) in [5, 5.41) is 0. The van der Waals surface area contributed by atoms with Crippen LogP contribution in [0.1, 0.15) is 0 Å². The summed E-state index contributed by atoms with van der Waals surface area (Å²) in [6, 6.07) is 0. The maximum absolute atomic E-state index is 4.21. The molecule has 116 valence electrons. The minimum atomic E-state index is 1.01. The zero-order chi connectivity index (χ0) is 14.0. The van der Waals surface area contributed by atoms with Crippen molar-refractivity contribution in [2.45, 2.75) is 0 Å². The van der Waals surface area contributed by atoms with Crippen LogP contribution in [0.3, 0.4) is 0 Å². The molecule has 0 nitrogen and oxygen atoms in total. The van der Waals surface area contributed by atoms with Crippen LogP contribution in [0.25, 0.3) is 0 Å². The molecule has 0 aliphatic rings. The largest absolute Gasteiger partial charge is 0.179 e. The number of thioether (sulfide) groups is 5. The van der Waals surface area contributed by atoms with E-state index in [2.05, 4.69) is 60.5 Å². The van der Waals surface area contributed by atoms with Gasteiger partial charge in [0, 0.05) is 57.5 Å². The SMILES string of the molecule is SCCSCCSCCSCCSCCSCCS. The summed E-state index contributed by atoms with van der Waals surface area (Å²) in [7, 11) is 0. The van der Waals surface area contributed by atoms with Crippen molar-refractivity contribution in [3.8, 4) is 0 Å². The Hall–Kier alpha value is 2.45. The van der Waals surface area contributed by atoms with Crippen molar-refractivity contribution in [1.29, 1.82) is 0 Å². The first kappa shape index (κ1) is 21.4. The first-order valence-electron chi connectivity index (χ1n) is 6.52. The second-order valence-electron chi connectivity index (χ2n) is 3.51. The molecule has 0 fully saturated rings. The Morgan fingerprint density at radius 1 is 0.368 bits per heavy atom. The number of hydrogen-bond donors (Lipinski definition) is 2. The van der Waals surface area contributed by atoms with Crippen LogP contribution in [0.4, 0.5) is 0 Å². The lowest BCUT2D eigenvalue weighted by Crippen LogP contribution is -1.94. The van der Waals surface area contributed by atoms with Crippen molar-refractivity contribution in [2.24, 2.45) is 0 Å². The first-order valence-corrected chi connectivity index (χ1v) is 13.6. The fourth-order valence-corrected chi connectivity index (χ4v) is 6.94. The molecular weight excluding hydrogens is 369 g/mol. The molecule has 0 unspecified atom stereocenters. The molecule has 0 heterocycles. The van der Waals surface area contributed by atoms with Gasteiger partial charge in [0.2, 0.25) is 0 Å². The van der Waals surface area contributed by atoms with Crippen molar-refractivity contribution < 1.29 is 0 Å². The molecule has 0 radical (unpaired) electrons. The van der Waals surface area contributed by atoms with E-state index in [-0.39, 0.29) is 0 Å². The average Bonchev–Trinajstić information content (AvgIpc) is 2.43. The van der Waals surface area contributed by atoms with Crippen LogP contribution in [-0.4, -0.2) is 69.0 Å². The maximum Gasteiger partial charge on any atom is 0.00238 e. The molecule has 0 amide bonds. The number of hydrogen-bond acceptors (Lipinski definition) is 7. The quantitative estimate of drug-likeness (QED) is 0.291. The van der Waals surface area contributed by atoms with Crippen molar-refractivity contribution >= 4 is 84.1 Å². The minimum absolute atomic E-state index is 1.01. The topological polar surface area (TPSA) is 0 Å². The van der Waals surface area contributed by atoms with Crippen molar-refractivity contribution in [2.75, 3.05) is 69.0 Å². The van der Waals surface area contributed by atoms with Gasteiger partial charge in [-0.25, -0.2) is 0 Å². The van der Waals surface area contributed by atoms with E-state index in [1.165, 1.54) is 57.5 Å². The lowest BCUT2D eigenvalue weighted by molar-refractivity contribution is 1.44. The van der Waals surface area contributed by atoms with Gasteiger partial charge in [-0.3, -0.25) is 0 Å². The molecule has 0 saturated carbocycles. The third-order valence-corrected chi connectivity index (χ3v) is 8.97. The maximum atomic E-state index is 4.21. The average molecular weight is 395 g/mol. The van der Waals surface area contributed by atoms with Gasteiger partial charge in [-0.1, -0.05) is 0 Å². The van der Waals surface area contributed by atoms with Crippen molar-refractivity contribution in [1.82, 2.24) is 0 Å². The Morgan fingerprint density at radius 3 is 0.789 bits per heavy atom. The lowest BCUT2D eigenvalue weighted by atomic mass is 10.9. The van der Waals surface area contributed by atoms with Crippen LogP contribution < -0.4 is 0 Å². The Morgan fingerprint density at radius 2 is 0.579 bits per heavy atom. The van der Waals surface area contributed by atoms with Crippen LogP contribution in [-0.2, 0) is 0 Å². The molecule has 7 heteroatoms. The molecule has 0 bridgehead atoms. The third kappa shape index (κ3) is 20.4. The highest BCUT2D eigenvalue weighted by atomic mass is 32.2. The van der Waals surface area contributed by atoms with E-state index in [0.29, 0.717) is 0 Å². The van der Waals surface area contributed by atoms with Gasteiger partial charge < -0.3 is 0 Å². The Kier molecular flexibility index (Phi) is 23.1. The van der Waals surface area contributed by atoms with Gasteiger partial charge in [0.05, 0.1) is 0 Å². The standard InChI is InChI=1S/C12H26S7/c13-1-3-15-5-7-17-9-11-19-12-10-18-8-6-16-4-2-14/h13-14H,1-12H2. The van der Waals surface area contributed by atoms with E-state index < -0.39 is 0 Å². The molecule has 19 heavy (non-hydrogen) atoms. The third-order valence-electron chi connectivity index (χ3n) is 1.96. The zero-order valence-electron chi connectivity index (χ0n) is 11.4. The second-order valence-corrected chi connectivity index (χ2v) is 10.5. The van der Waals surface area contributed by atoms with E-state index in [4.69, 9.17) is 0 Å². The molecular formula is C12H26S7. The Labute approximate surface area is 152 Å². The summed E-state index contributed by atoms with van der Waals surface area (Å²) in [6.45, 7) is 0. The molecule has 0 aliphatic heterocycles. The second kappa shape index (κ2) is 20.5. The predicted molar refractivity (Wildman–Crippen MR) is 114 cm³/mol. The zero-order valence-corrected chi connectivity index (χ0v) is 17.3. The van der Waals surface area contributed by atoms with Gasteiger partial charge in [-0.05, 0) is 11.5 Å². The first-order chi connectivity index (χ1) is 9.41. The van der Waals surface area contributed by atoms with Crippen LogP contribution in [0, 0.1) is 0 Å². The monoisotopic (exact) mass is 394 g/mol. The summed E-state index contributed by atoms with van der Waals surface area (Å²) in [4.78, 5) is 0. The smallest absolute Gasteiger partial charge is 0.00238 e. The molecule has 0 atom stereocenters. The van der Waals surface area contributed by atoms with E-state index in [1.54, 1.807) is 0 Å². The van der Waals surface area contributed by atoms with Crippen molar-refractivity contribution in [3.05, 3.63) is 0 Å². The Bertz CT molecular complexity index is 141. The predicted octanol–water partition coefficient (Wildman–Crippen LogP) is 4.51. The Balaban J connectivity index is 2.88. The van der Waals surface area contributed by atoms with Gasteiger partial charge in [-0.2, -0.15) is 84.1 Å². The van der Waals surface area contributed by atoms with E-state index >= 15 is 0 Å². The van der Waals surface area contributed by atoms with Crippen LogP contribution in [0.2, 0.25) is 0 Å². The number of thiol groups is 2. The highest BCUT2D eigenvalue weighted by Gasteiger charge is 1.94. The van der Waals surface area contributed by atoms with Crippen LogP contribution in [0.5, 0.6) is 0 Å². The normalized spacial score (nSPS) is 11.1. The van der Waals surface area contributed by atoms with E-state index in [1.807, 2.05) is 23.5 Å². The highest BCUT2D eigenvalue weighted by Crippen LogP contribution is 2.13.